The van der Waals surface area contributed by atoms with E-state index in [0.29, 0.717) is 25.4 Å². The van der Waals surface area contributed by atoms with E-state index in [-0.39, 0.29) is 6.61 Å². The fraction of sp³-hybridized carbons (Fsp3) is 0.333. The molecule has 160 valence electrons. The van der Waals surface area contributed by atoms with Crippen molar-refractivity contribution in [1.29, 1.82) is 0 Å². The number of furan rings is 1. The highest BCUT2D eigenvalue weighted by Crippen LogP contribution is 2.18. The zero-order chi connectivity index (χ0) is 21.3. The lowest BCUT2D eigenvalue weighted by Crippen LogP contribution is -2.35. The lowest BCUT2D eigenvalue weighted by atomic mass is 10.1. The van der Waals surface area contributed by atoms with Crippen molar-refractivity contribution in [2.24, 2.45) is 0 Å². The van der Waals surface area contributed by atoms with Gasteiger partial charge in [0, 0.05) is 32.9 Å². The molecule has 0 saturated carbocycles. The molecule has 1 heterocycles. The van der Waals surface area contributed by atoms with Gasteiger partial charge in [0.2, 0.25) is 0 Å². The smallest absolute Gasteiger partial charge is 0.119 e. The second kappa shape index (κ2) is 10.7. The number of nitrogens with zero attached hydrogens (tertiary/aromatic N) is 2. The van der Waals surface area contributed by atoms with Crippen LogP contribution in [0.15, 0.2) is 71.3 Å². The van der Waals surface area contributed by atoms with Crippen LogP contribution >= 0.6 is 0 Å². The van der Waals surface area contributed by atoms with Gasteiger partial charge in [-0.15, -0.1) is 0 Å². The highest BCUT2D eigenvalue weighted by atomic mass is 16.5. The fourth-order valence-corrected chi connectivity index (χ4v) is 3.18. The second-order valence-corrected chi connectivity index (χ2v) is 7.45. The van der Waals surface area contributed by atoms with E-state index in [9.17, 15) is 5.11 Å². The summed E-state index contributed by atoms with van der Waals surface area (Å²) in [7, 11) is 5.68. The van der Waals surface area contributed by atoms with E-state index in [1.807, 2.05) is 50.5 Å². The van der Waals surface area contributed by atoms with E-state index < -0.39 is 6.10 Å². The first-order chi connectivity index (χ1) is 14.5. The summed E-state index contributed by atoms with van der Waals surface area (Å²) in [5.41, 5.74) is 2.33. The summed E-state index contributed by atoms with van der Waals surface area (Å²) in [6.45, 7) is 1.99. The van der Waals surface area contributed by atoms with Gasteiger partial charge in [0.15, 0.2) is 0 Å². The van der Waals surface area contributed by atoms with Crippen LogP contribution in [0.1, 0.15) is 11.3 Å². The van der Waals surface area contributed by atoms with Crippen molar-refractivity contribution in [3.8, 4) is 11.5 Å². The molecule has 0 aliphatic heterocycles. The minimum Gasteiger partial charge on any atom is -0.497 e. The minimum absolute atomic E-state index is 0.209. The summed E-state index contributed by atoms with van der Waals surface area (Å²) >= 11 is 0. The summed E-state index contributed by atoms with van der Waals surface area (Å²) in [4.78, 5) is 4.23. The van der Waals surface area contributed by atoms with Gasteiger partial charge >= 0.3 is 0 Å². The number of hydrogen-bond acceptors (Lipinski definition) is 6. The molecular weight excluding hydrogens is 380 g/mol. The Hall–Kier alpha value is -2.96. The Labute approximate surface area is 178 Å². The van der Waals surface area contributed by atoms with Crippen molar-refractivity contribution < 1.29 is 19.0 Å². The largest absolute Gasteiger partial charge is 0.497 e. The average molecular weight is 411 g/mol. The number of rotatable bonds is 11. The topological polar surface area (TPSA) is 58.3 Å². The molecule has 0 aliphatic rings. The van der Waals surface area contributed by atoms with Crippen molar-refractivity contribution >= 4 is 5.69 Å². The maximum absolute atomic E-state index is 10.6. The number of ether oxygens (including phenoxy) is 2. The Balaban J connectivity index is 1.59. The number of anilines is 1. The molecule has 6 heteroatoms. The van der Waals surface area contributed by atoms with Crippen LogP contribution in [0.4, 0.5) is 5.69 Å². The summed E-state index contributed by atoms with van der Waals surface area (Å²) in [6.07, 6.45) is 1.03. The second-order valence-electron chi connectivity index (χ2n) is 7.45. The van der Waals surface area contributed by atoms with Gasteiger partial charge in [-0.2, -0.15) is 0 Å². The summed E-state index contributed by atoms with van der Waals surface area (Å²) in [6, 6.07) is 19.6. The van der Waals surface area contributed by atoms with Crippen LogP contribution in [0.3, 0.4) is 0 Å². The normalized spacial score (nSPS) is 12.0. The third kappa shape index (κ3) is 6.54. The standard InChI is InChI=1S/C24H30N2O4/c1-25(2)20-8-6-19(7-9-20)15-26(17-24-5-4-14-29-24)16-21(27)18-30-23-12-10-22(28-3)11-13-23/h4-14,21,27H,15-18H2,1-3H3/t21-/m1/s1. The Kier molecular flexibility index (Phi) is 7.76. The van der Waals surface area contributed by atoms with Gasteiger partial charge in [0.05, 0.1) is 19.9 Å². The molecule has 6 nitrogen and oxygen atoms in total. The molecule has 3 rings (SSSR count). The van der Waals surface area contributed by atoms with Crippen molar-refractivity contribution in [1.82, 2.24) is 4.90 Å². The third-order valence-corrected chi connectivity index (χ3v) is 4.79. The van der Waals surface area contributed by atoms with Crippen LogP contribution < -0.4 is 14.4 Å². The zero-order valence-electron chi connectivity index (χ0n) is 17.8. The van der Waals surface area contributed by atoms with Gasteiger partial charge < -0.3 is 23.9 Å². The van der Waals surface area contributed by atoms with Gasteiger partial charge in [0.25, 0.3) is 0 Å². The molecule has 0 spiro atoms. The van der Waals surface area contributed by atoms with Crippen LogP contribution in [0.5, 0.6) is 11.5 Å². The van der Waals surface area contributed by atoms with Gasteiger partial charge in [-0.25, -0.2) is 0 Å². The van der Waals surface area contributed by atoms with Gasteiger partial charge in [-0.05, 0) is 54.1 Å². The quantitative estimate of drug-likeness (QED) is 0.519. The highest BCUT2D eigenvalue weighted by molar-refractivity contribution is 5.46. The predicted octanol–water partition coefficient (Wildman–Crippen LogP) is 3.80. The number of aliphatic hydroxyl groups is 1. The van der Waals surface area contributed by atoms with E-state index in [0.717, 1.165) is 17.2 Å². The Morgan fingerprint density at radius 1 is 0.933 bits per heavy atom. The molecule has 1 atom stereocenters. The van der Waals surface area contributed by atoms with Gasteiger partial charge in [-0.3, -0.25) is 4.90 Å². The summed E-state index contributed by atoms with van der Waals surface area (Å²) in [5.74, 6) is 2.34. The molecule has 2 aromatic carbocycles. The molecule has 0 fully saturated rings. The Morgan fingerprint density at radius 2 is 1.63 bits per heavy atom. The van der Waals surface area contributed by atoms with Crippen LogP contribution in [-0.2, 0) is 13.1 Å². The van der Waals surface area contributed by atoms with Gasteiger partial charge in [-0.1, -0.05) is 12.1 Å². The van der Waals surface area contributed by atoms with E-state index in [1.54, 1.807) is 13.4 Å². The maximum Gasteiger partial charge on any atom is 0.119 e. The molecule has 1 N–H and O–H groups in total. The highest BCUT2D eigenvalue weighted by Gasteiger charge is 2.15. The molecule has 3 aromatic rings. The first kappa shape index (κ1) is 21.7. The van der Waals surface area contributed by atoms with E-state index in [4.69, 9.17) is 13.9 Å². The summed E-state index contributed by atoms with van der Waals surface area (Å²) in [5, 5.41) is 10.6. The Bertz CT molecular complexity index is 861. The minimum atomic E-state index is -0.636. The molecule has 0 unspecified atom stereocenters. The lowest BCUT2D eigenvalue weighted by Gasteiger charge is -2.25. The number of hydrogen-bond donors (Lipinski definition) is 1. The third-order valence-electron chi connectivity index (χ3n) is 4.79. The Morgan fingerprint density at radius 3 is 2.23 bits per heavy atom. The average Bonchev–Trinajstić information content (AvgIpc) is 3.26. The van der Waals surface area contributed by atoms with E-state index >= 15 is 0 Å². The fourth-order valence-electron chi connectivity index (χ4n) is 3.18. The number of methoxy groups -OCH3 is 1. The van der Waals surface area contributed by atoms with Crippen LogP contribution in [0, 0.1) is 0 Å². The van der Waals surface area contributed by atoms with Crippen molar-refractivity contribution in [3.05, 3.63) is 78.3 Å². The van der Waals surface area contributed by atoms with Gasteiger partial charge in [0.1, 0.15) is 30.0 Å². The van der Waals surface area contributed by atoms with Crippen molar-refractivity contribution in [2.45, 2.75) is 19.2 Å². The van der Waals surface area contributed by atoms with E-state index in [2.05, 4.69) is 34.1 Å². The lowest BCUT2D eigenvalue weighted by molar-refractivity contribution is 0.0604. The molecule has 0 amide bonds. The van der Waals surface area contributed by atoms with Crippen molar-refractivity contribution in [2.75, 3.05) is 39.3 Å². The number of benzene rings is 2. The molecule has 0 saturated heterocycles. The van der Waals surface area contributed by atoms with Crippen LogP contribution in [-0.4, -0.2) is 50.5 Å². The zero-order valence-corrected chi connectivity index (χ0v) is 17.8. The molecular formula is C24H30N2O4. The molecule has 0 bridgehead atoms. The maximum atomic E-state index is 10.6. The SMILES string of the molecule is COc1ccc(OC[C@H](O)CN(Cc2ccc(N(C)C)cc2)Cc2ccco2)cc1. The monoisotopic (exact) mass is 410 g/mol. The first-order valence-electron chi connectivity index (χ1n) is 9.99. The predicted molar refractivity (Wildman–Crippen MR) is 118 cm³/mol. The summed E-state index contributed by atoms with van der Waals surface area (Å²) < 4.78 is 16.4. The molecule has 30 heavy (non-hydrogen) atoms. The van der Waals surface area contributed by atoms with Crippen LogP contribution in [0.25, 0.3) is 0 Å². The van der Waals surface area contributed by atoms with Crippen molar-refractivity contribution in [3.63, 3.8) is 0 Å². The molecule has 1 aromatic heterocycles. The van der Waals surface area contributed by atoms with E-state index in [1.165, 1.54) is 5.56 Å². The molecule has 0 aliphatic carbocycles. The van der Waals surface area contributed by atoms with Crippen LogP contribution in [0.2, 0.25) is 0 Å². The number of aliphatic hydroxyl groups excluding tert-OH is 1. The first-order valence-corrected chi connectivity index (χ1v) is 9.99. The molecule has 0 radical (unpaired) electrons.